The Hall–Kier alpha value is -0.950. The molecule has 0 saturated heterocycles. The fourth-order valence-electron chi connectivity index (χ4n) is 3.37. The molecule has 2 rings (SSSR count). The van der Waals surface area contributed by atoms with E-state index in [0.717, 1.165) is 64.2 Å². The SMILES string of the molecule is CCCOP(=O)(ONC(=O)C1CCCCC1)ONC(=O)C1CCCCC1. The minimum Gasteiger partial charge on any atom is -0.284 e. The predicted molar refractivity (Wildman–Crippen MR) is 95.5 cm³/mol. The molecule has 0 aromatic heterocycles. The van der Waals surface area contributed by atoms with Crippen LogP contribution in [0.2, 0.25) is 0 Å². The van der Waals surface area contributed by atoms with E-state index in [2.05, 4.69) is 11.0 Å². The van der Waals surface area contributed by atoms with Crippen molar-refractivity contribution in [3.8, 4) is 0 Å². The van der Waals surface area contributed by atoms with Gasteiger partial charge < -0.3 is 0 Å². The van der Waals surface area contributed by atoms with Gasteiger partial charge in [0.2, 0.25) is 11.8 Å². The van der Waals surface area contributed by atoms with Gasteiger partial charge in [-0.05, 0) is 32.1 Å². The highest BCUT2D eigenvalue weighted by Crippen LogP contribution is 2.47. The predicted octanol–water partition coefficient (Wildman–Crippen LogP) is 3.78. The van der Waals surface area contributed by atoms with Gasteiger partial charge in [-0.3, -0.25) is 14.1 Å². The zero-order valence-corrected chi connectivity index (χ0v) is 16.4. The molecule has 2 fully saturated rings. The molecule has 26 heavy (non-hydrogen) atoms. The third-order valence-electron chi connectivity index (χ3n) is 4.92. The Morgan fingerprint density at radius 3 is 1.65 bits per heavy atom. The first-order valence-corrected chi connectivity index (χ1v) is 11.2. The number of hydrogen-bond donors (Lipinski definition) is 2. The summed E-state index contributed by atoms with van der Waals surface area (Å²) in [5.41, 5.74) is 4.40. The zero-order chi connectivity index (χ0) is 18.8. The molecule has 150 valence electrons. The van der Waals surface area contributed by atoms with Crippen molar-refractivity contribution in [1.29, 1.82) is 0 Å². The molecule has 0 unspecified atom stereocenters. The molecular formula is C17H31N2O6P. The van der Waals surface area contributed by atoms with Gasteiger partial charge in [-0.25, -0.2) is 15.5 Å². The molecule has 2 saturated carbocycles. The molecule has 2 aliphatic carbocycles. The van der Waals surface area contributed by atoms with E-state index in [9.17, 15) is 14.2 Å². The number of hydrogen-bond acceptors (Lipinski definition) is 6. The van der Waals surface area contributed by atoms with Gasteiger partial charge >= 0.3 is 7.82 Å². The molecule has 0 spiro atoms. The number of phosphoric acid groups is 1. The zero-order valence-electron chi connectivity index (χ0n) is 15.5. The average molecular weight is 390 g/mol. The van der Waals surface area contributed by atoms with Gasteiger partial charge in [0.05, 0.1) is 6.61 Å². The standard InChI is InChI=1S/C17H31N2O6P/c1-2-13-23-26(22,24-18-16(20)14-9-5-3-6-10-14)25-19-17(21)15-11-7-4-8-12-15/h14-15H,2-13H2,1H3,(H,18,20)(H,19,21). The van der Waals surface area contributed by atoms with Crippen molar-refractivity contribution in [2.75, 3.05) is 6.61 Å². The van der Waals surface area contributed by atoms with Gasteiger partial charge in [0.25, 0.3) is 0 Å². The smallest absolute Gasteiger partial charge is 0.284 e. The van der Waals surface area contributed by atoms with Crippen LogP contribution in [0.15, 0.2) is 0 Å². The lowest BCUT2D eigenvalue weighted by Crippen LogP contribution is -2.34. The summed E-state index contributed by atoms with van der Waals surface area (Å²) in [5.74, 6) is -0.958. The van der Waals surface area contributed by atoms with Crippen molar-refractivity contribution in [2.24, 2.45) is 11.8 Å². The van der Waals surface area contributed by atoms with E-state index in [0.29, 0.717) is 6.42 Å². The van der Waals surface area contributed by atoms with Crippen LogP contribution in [-0.4, -0.2) is 18.4 Å². The highest BCUT2D eigenvalue weighted by Gasteiger charge is 2.33. The Kier molecular flexibility index (Phi) is 9.05. The summed E-state index contributed by atoms with van der Waals surface area (Å²) in [6.45, 7) is 1.96. The van der Waals surface area contributed by atoms with E-state index >= 15 is 0 Å². The van der Waals surface area contributed by atoms with E-state index in [1.165, 1.54) is 0 Å². The van der Waals surface area contributed by atoms with Crippen LogP contribution in [0.5, 0.6) is 0 Å². The third-order valence-corrected chi connectivity index (χ3v) is 6.05. The Morgan fingerprint density at radius 2 is 1.27 bits per heavy atom. The van der Waals surface area contributed by atoms with Crippen LogP contribution in [0, 0.1) is 11.8 Å². The largest absolute Gasteiger partial charge is 0.517 e. The van der Waals surface area contributed by atoms with Gasteiger partial charge in [-0.2, -0.15) is 9.25 Å². The average Bonchev–Trinajstić information content (AvgIpc) is 2.70. The topological polar surface area (TPSA) is 103 Å². The lowest BCUT2D eigenvalue weighted by Gasteiger charge is -2.23. The second-order valence-corrected chi connectivity index (χ2v) is 8.58. The molecular weight excluding hydrogens is 359 g/mol. The second-order valence-electron chi connectivity index (χ2n) is 7.07. The van der Waals surface area contributed by atoms with Crippen LogP contribution in [0.3, 0.4) is 0 Å². The Labute approximate surface area is 155 Å². The van der Waals surface area contributed by atoms with Crippen LogP contribution >= 0.6 is 7.82 Å². The van der Waals surface area contributed by atoms with E-state index < -0.39 is 7.82 Å². The molecule has 8 nitrogen and oxygen atoms in total. The molecule has 2 amide bonds. The first-order valence-electron chi connectivity index (χ1n) is 9.75. The maximum Gasteiger partial charge on any atom is 0.517 e. The summed E-state index contributed by atoms with van der Waals surface area (Å²) in [6.07, 6.45) is 9.96. The normalized spacial score (nSPS) is 19.9. The Morgan fingerprint density at radius 1 is 0.846 bits per heavy atom. The fraction of sp³-hybridized carbons (Fsp3) is 0.882. The molecule has 2 N–H and O–H groups in total. The first-order chi connectivity index (χ1) is 12.5. The minimum atomic E-state index is -4.11. The molecule has 0 radical (unpaired) electrons. The summed E-state index contributed by atoms with van der Waals surface area (Å²) in [6, 6.07) is 0. The summed E-state index contributed by atoms with van der Waals surface area (Å²) in [4.78, 5) is 24.3. The number of carbonyl (C=O) groups excluding carboxylic acids is 2. The number of nitrogens with one attached hydrogen (secondary N) is 2. The minimum absolute atomic E-state index is 0.121. The van der Waals surface area contributed by atoms with E-state index in [1.807, 2.05) is 6.92 Å². The number of amides is 2. The second kappa shape index (κ2) is 11.0. The summed E-state index contributed by atoms with van der Waals surface area (Å²) in [5, 5.41) is 0. The van der Waals surface area contributed by atoms with Crippen molar-refractivity contribution >= 4 is 19.6 Å². The Bertz CT molecular complexity index is 465. The third kappa shape index (κ3) is 6.99. The molecule has 0 atom stereocenters. The highest BCUT2D eigenvalue weighted by atomic mass is 31.2. The fourth-order valence-corrected chi connectivity index (χ4v) is 4.32. The van der Waals surface area contributed by atoms with Crippen molar-refractivity contribution in [3.63, 3.8) is 0 Å². The van der Waals surface area contributed by atoms with Crippen molar-refractivity contribution in [1.82, 2.24) is 11.0 Å². The highest BCUT2D eigenvalue weighted by molar-refractivity contribution is 7.48. The molecule has 0 bridgehead atoms. The molecule has 0 aromatic carbocycles. The van der Waals surface area contributed by atoms with Crippen molar-refractivity contribution in [3.05, 3.63) is 0 Å². The van der Waals surface area contributed by atoms with E-state index in [4.69, 9.17) is 13.8 Å². The molecule has 0 aliphatic heterocycles. The van der Waals surface area contributed by atoms with Crippen LogP contribution in [0.1, 0.15) is 77.6 Å². The van der Waals surface area contributed by atoms with E-state index in [-0.39, 0.29) is 30.3 Å². The lowest BCUT2D eigenvalue weighted by molar-refractivity contribution is -0.137. The van der Waals surface area contributed by atoms with Crippen LogP contribution in [-0.2, 0) is 27.9 Å². The maximum atomic E-state index is 12.7. The molecule has 0 heterocycles. The van der Waals surface area contributed by atoms with Crippen LogP contribution < -0.4 is 11.0 Å². The van der Waals surface area contributed by atoms with Crippen LogP contribution in [0.25, 0.3) is 0 Å². The van der Waals surface area contributed by atoms with Gasteiger partial charge in [0.1, 0.15) is 0 Å². The summed E-state index contributed by atoms with van der Waals surface area (Å²) in [7, 11) is -4.11. The van der Waals surface area contributed by atoms with Crippen LogP contribution in [0.4, 0.5) is 0 Å². The number of rotatable bonds is 9. The van der Waals surface area contributed by atoms with Gasteiger partial charge in [0.15, 0.2) is 0 Å². The van der Waals surface area contributed by atoms with Gasteiger partial charge in [0, 0.05) is 11.8 Å². The summed E-state index contributed by atoms with van der Waals surface area (Å²) < 4.78 is 27.7. The monoisotopic (exact) mass is 390 g/mol. The quantitative estimate of drug-likeness (QED) is 0.459. The first kappa shape index (κ1) is 21.4. The molecule has 0 aromatic rings. The van der Waals surface area contributed by atoms with E-state index in [1.54, 1.807) is 0 Å². The maximum absolute atomic E-state index is 12.7. The summed E-state index contributed by atoms with van der Waals surface area (Å²) >= 11 is 0. The Balaban J connectivity index is 1.83. The number of carbonyl (C=O) groups is 2. The van der Waals surface area contributed by atoms with Crippen molar-refractivity contribution < 1.29 is 27.9 Å². The molecule has 9 heteroatoms. The van der Waals surface area contributed by atoms with Gasteiger partial charge in [-0.15, -0.1) is 0 Å². The lowest BCUT2D eigenvalue weighted by atomic mass is 9.89. The van der Waals surface area contributed by atoms with Crippen molar-refractivity contribution in [2.45, 2.75) is 77.6 Å². The van der Waals surface area contributed by atoms with Gasteiger partial charge in [-0.1, -0.05) is 45.4 Å². The number of hydroxylamine groups is 2. The molecule has 2 aliphatic rings.